The van der Waals surface area contributed by atoms with Crippen molar-refractivity contribution in [3.63, 3.8) is 0 Å². The molecule has 0 spiro atoms. The topological polar surface area (TPSA) is 33.0 Å². The smallest absolute Gasteiger partial charge is 0.112 e. The lowest BCUT2D eigenvalue weighted by Gasteiger charge is -2.62. The molecule has 140 valence electrons. The standard InChI is InChI=1S/C26H25NO/c1-3-20(2)26(24-16-14-21(18-27)15-17-24)25(19-28-26,22-10-6-4-7-11-22)23-12-8-5-9-13-23/h4-17,20H,3,19H2,1-2H3/t20-,26-/m0/s1. The van der Waals surface area contributed by atoms with Gasteiger partial charge in [0.1, 0.15) is 5.60 Å². The molecule has 1 aliphatic heterocycles. The molecule has 3 aromatic carbocycles. The Bertz CT molecular complexity index is 933. The van der Waals surface area contributed by atoms with E-state index in [1.54, 1.807) is 0 Å². The molecule has 0 bridgehead atoms. The molecule has 1 saturated heterocycles. The van der Waals surface area contributed by atoms with Gasteiger partial charge in [-0.3, -0.25) is 0 Å². The number of nitriles is 1. The Balaban J connectivity index is 2.00. The minimum Gasteiger partial charge on any atom is -0.367 e. The highest BCUT2D eigenvalue weighted by atomic mass is 16.5. The predicted molar refractivity (Wildman–Crippen MR) is 112 cm³/mol. The van der Waals surface area contributed by atoms with Crippen LogP contribution in [0, 0.1) is 17.2 Å². The molecule has 0 amide bonds. The summed E-state index contributed by atoms with van der Waals surface area (Å²) in [6.45, 7) is 5.14. The third-order valence-electron chi connectivity index (χ3n) is 6.43. The van der Waals surface area contributed by atoms with E-state index in [1.807, 2.05) is 12.1 Å². The van der Waals surface area contributed by atoms with E-state index in [1.165, 1.54) is 11.1 Å². The van der Waals surface area contributed by atoms with Crippen LogP contribution in [0.1, 0.15) is 42.5 Å². The molecule has 28 heavy (non-hydrogen) atoms. The fraction of sp³-hybridized carbons (Fsp3) is 0.269. The molecular weight excluding hydrogens is 342 g/mol. The molecule has 0 radical (unpaired) electrons. The summed E-state index contributed by atoms with van der Waals surface area (Å²) in [5.41, 5.74) is 3.62. The van der Waals surface area contributed by atoms with Gasteiger partial charge in [-0.25, -0.2) is 0 Å². The van der Waals surface area contributed by atoms with Crippen LogP contribution in [0.2, 0.25) is 0 Å². The van der Waals surface area contributed by atoms with Crippen LogP contribution in [0.25, 0.3) is 0 Å². The third kappa shape index (κ3) is 2.51. The van der Waals surface area contributed by atoms with Crippen molar-refractivity contribution in [2.75, 3.05) is 6.61 Å². The molecule has 4 rings (SSSR count). The summed E-state index contributed by atoms with van der Waals surface area (Å²) in [6, 6.07) is 31.6. The average Bonchev–Trinajstić information content (AvgIpc) is 2.75. The molecule has 2 heteroatoms. The molecule has 0 saturated carbocycles. The molecule has 0 aromatic heterocycles. The van der Waals surface area contributed by atoms with Gasteiger partial charge in [0, 0.05) is 0 Å². The maximum Gasteiger partial charge on any atom is 0.112 e. The Kier molecular flexibility index (Phi) is 4.79. The van der Waals surface area contributed by atoms with Crippen molar-refractivity contribution in [3.8, 4) is 6.07 Å². The van der Waals surface area contributed by atoms with Gasteiger partial charge in [0.05, 0.1) is 23.7 Å². The fourth-order valence-corrected chi connectivity index (χ4v) is 4.84. The van der Waals surface area contributed by atoms with Crippen LogP contribution in [-0.4, -0.2) is 6.61 Å². The van der Waals surface area contributed by atoms with Crippen LogP contribution in [-0.2, 0) is 15.8 Å². The summed E-state index contributed by atoms with van der Waals surface area (Å²) in [5, 5.41) is 9.24. The van der Waals surface area contributed by atoms with E-state index in [9.17, 15) is 5.26 Å². The number of hydrogen-bond donors (Lipinski definition) is 0. The van der Waals surface area contributed by atoms with Gasteiger partial charge in [0.25, 0.3) is 0 Å². The van der Waals surface area contributed by atoms with Gasteiger partial charge < -0.3 is 4.74 Å². The summed E-state index contributed by atoms with van der Waals surface area (Å²) in [6.07, 6.45) is 1.00. The minimum atomic E-state index is -0.474. The van der Waals surface area contributed by atoms with Crippen molar-refractivity contribution < 1.29 is 4.74 Å². The average molecular weight is 367 g/mol. The first-order valence-electron chi connectivity index (χ1n) is 9.94. The molecule has 0 unspecified atom stereocenters. The van der Waals surface area contributed by atoms with Gasteiger partial charge in [-0.15, -0.1) is 0 Å². The SMILES string of the molecule is CC[C@H](C)[C@@]1(c2ccc(C#N)cc2)OCC1(c1ccccc1)c1ccccc1. The maximum absolute atomic E-state index is 9.24. The number of hydrogen-bond acceptors (Lipinski definition) is 2. The van der Waals surface area contributed by atoms with Crippen LogP contribution in [0.5, 0.6) is 0 Å². The van der Waals surface area contributed by atoms with Crippen LogP contribution in [0.4, 0.5) is 0 Å². The second-order valence-corrected chi connectivity index (χ2v) is 7.66. The van der Waals surface area contributed by atoms with E-state index in [-0.39, 0.29) is 5.41 Å². The minimum absolute atomic E-state index is 0.265. The van der Waals surface area contributed by atoms with Crippen LogP contribution in [0.15, 0.2) is 84.9 Å². The Labute approximate surface area is 167 Å². The molecule has 0 aliphatic carbocycles. The molecule has 3 aromatic rings. The summed E-state index contributed by atoms with van der Waals surface area (Å²) in [4.78, 5) is 0. The molecular formula is C26H25NO. The number of ether oxygens (including phenoxy) is 1. The summed E-state index contributed by atoms with van der Waals surface area (Å²) >= 11 is 0. The highest BCUT2D eigenvalue weighted by Crippen LogP contribution is 2.61. The Hall–Kier alpha value is -2.89. The van der Waals surface area contributed by atoms with Crippen molar-refractivity contribution >= 4 is 0 Å². The Morgan fingerprint density at radius 3 is 1.79 bits per heavy atom. The van der Waals surface area contributed by atoms with Crippen molar-refractivity contribution in [1.82, 2.24) is 0 Å². The van der Waals surface area contributed by atoms with Gasteiger partial charge in [-0.1, -0.05) is 93.1 Å². The molecule has 1 fully saturated rings. The van der Waals surface area contributed by atoms with Crippen LogP contribution in [0.3, 0.4) is 0 Å². The van der Waals surface area contributed by atoms with Gasteiger partial charge in [-0.2, -0.15) is 5.26 Å². The first kappa shape index (κ1) is 18.5. The lowest BCUT2D eigenvalue weighted by Crippen LogP contribution is -2.67. The first-order valence-corrected chi connectivity index (χ1v) is 9.94. The fourth-order valence-electron chi connectivity index (χ4n) is 4.84. The number of benzene rings is 3. The van der Waals surface area contributed by atoms with Gasteiger partial charge >= 0.3 is 0 Å². The van der Waals surface area contributed by atoms with Gasteiger partial charge in [0.15, 0.2) is 0 Å². The molecule has 0 N–H and O–H groups in total. The van der Waals surface area contributed by atoms with Crippen molar-refractivity contribution in [3.05, 3.63) is 107 Å². The van der Waals surface area contributed by atoms with Crippen LogP contribution < -0.4 is 0 Å². The molecule has 1 aliphatic rings. The van der Waals surface area contributed by atoms with E-state index < -0.39 is 5.60 Å². The van der Waals surface area contributed by atoms with Gasteiger partial charge in [0.2, 0.25) is 0 Å². The predicted octanol–water partition coefficient (Wildman–Crippen LogP) is 5.82. The zero-order valence-electron chi connectivity index (χ0n) is 16.4. The normalized spacial score (nSPS) is 21.3. The van der Waals surface area contributed by atoms with Gasteiger partial charge in [-0.05, 0) is 34.7 Å². The van der Waals surface area contributed by atoms with E-state index in [2.05, 4.69) is 92.7 Å². The molecule has 1 heterocycles. The largest absolute Gasteiger partial charge is 0.367 e. The molecule has 2 nitrogen and oxygen atoms in total. The lowest BCUT2D eigenvalue weighted by molar-refractivity contribution is -0.246. The second-order valence-electron chi connectivity index (χ2n) is 7.66. The van der Waals surface area contributed by atoms with Crippen molar-refractivity contribution in [2.45, 2.75) is 31.3 Å². The zero-order chi connectivity index (χ0) is 19.6. The highest BCUT2D eigenvalue weighted by Gasteiger charge is 2.65. The quantitative estimate of drug-likeness (QED) is 0.569. The third-order valence-corrected chi connectivity index (χ3v) is 6.43. The summed E-state index contributed by atoms with van der Waals surface area (Å²) < 4.78 is 6.57. The van der Waals surface area contributed by atoms with E-state index >= 15 is 0 Å². The lowest BCUT2D eigenvalue weighted by atomic mass is 9.53. The summed E-state index contributed by atoms with van der Waals surface area (Å²) in [7, 11) is 0. The number of rotatable bonds is 5. The van der Waals surface area contributed by atoms with Crippen molar-refractivity contribution in [1.29, 1.82) is 5.26 Å². The number of nitrogens with zero attached hydrogens (tertiary/aromatic N) is 1. The Morgan fingerprint density at radius 2 is 1.39 bits per heavy atom. The van der Waals surface area contributed by atoms with E-state index in [0.717, 1.165) is 12.0 Å². The van der Waals surface area contributed by atoms with E-state index in [0.29, 0.717) is 18.1 Å². The van der Waals surface area contributed by atoms with Crippen LogP contribution >= 0.6 is 0 Å². The monoisotopic (exact) mass is 367 g/mol. The van der Waals surface area contributed by atoms with Crippen molar-refractivity contribution in [2.24, 2.45) is 5.92 Å². The zero-order valence-corrected chi connectivity index (χ0v) is 16.4. The molecule has 2 atom stereocenters. The first-order chi connectivity index (χ1) is 13.7. The second kappa shape index (κ2) is 7.26. The highest BCUT2D eigenvalue weighted by molar-refractivity contribution is 5.51. The Morgan fingerprint density at radius 1 is 0.857 bits per heavy atom. The summed E-state index contributed by atoms with van der Waals surface area (Å²) in [5.74, 6) is 0.301. The van der Waals surface area contributed by atoms with E-state index in [4.69, 9.17) is 4.74 Å². The maximum atomic E-state index is 9.24.